The number of benzene rings is 1. The molecule has 0 radical (unpaired) electrons. The highest BCUT2D eigenvalue weighted by Crippen LogP contribution is 2.37. The molecule has 0 bridgehead atoms. The summed E-state index contributed by atoms with van der Waals surface area (Å²) < 4.78 is 0. The molecular weight excluding hydrogens is 324 g/mol. The normalized spacial score (nSPS) is 21.2. The Balaban J connectivity index is 1.75. The Labute approximate surface area is 149 Å². The van der Waals surface area contributed by atoms with E-state index in [1.807, 2.05) is 12.1 Å². The molecule has 2 rings (SSSR count). The van der Waals surface area contributed by atoms with Gasteiger partial charge in [0.1, 0.15) is 0 Å². The van der Waals surface area contributed by atoms with Crippen molar-refractivity contribution in [3.05, 3.63) is 34.9 Å². The smallest absolute Gasteiger partial charge is 0.309 e. The molecule has 0 unspecified atom stereocenters. The number of carbonyl (C=O) groups excluding carboxylic acids is 2. The molecule has 1 saturated carbocycles. The van der Waals surface area contributed by atoms with Gasteiger partial charge in [0.15, 0.2) is 0 Å². The maximum Gasteiger partial charge on any atom is 0.309 e. The summed E-state index contributed by atoms with van der Waals surface area (Å²) in [5.74, 6) is -0.452. The van der Waals surface area contributed by atoms with Crippen LogP contribution < -0.4 is 10.6 Å². The van der Waals surface area contributed by atoms with E-state index in [1.165, 1.54) is 0 Å². The molecule has 2 amide bonds. The van der Waals surface area contributed by atoms with Crippen molar-refractivity contribution in [2.75, 3.05) is 0 Å². The van der Waals surface area contributed by atoms with Crippen LogP contribution in [0.3, 0.4) is 0 Å². The molecule has 0 aromatic heterocycles. The Bertz CT molecular complexity index is 587. The van der Waals surface area contributed by atoms with Crippen LogP contribution in [0, 0.1) is 11.3 Å². The minimum absolute atomic E-state index is 0.105. The second kappa shape index (κ2) is 8.02. The molecule has 0 spiro atoms. The van der Waals surface area contributed by atoms with Crippen molar-refractivity contribution in [1.82, 2.24) is 10.6 Å². The number of hydrogen-bond acceptors (Lipinski definition) is 2. The van der Waals surface area contributed by atoms with Crippen molar-refractivity contribution >= 4 is 23.4 Å². The molecule has 4 nitrogen and oxygen atoms in total. The summed E-state index contributed by atoms with van der Waals surface area (Å²) in [6, 6.07) is 7.32. The van der Waals surface area contributed by atoms with E-state index >= 15 is 0 Å². The van der Waals surface area contributed by atoms with E-state index in [4.69, 9.17) is 11.6 Å². The second-order valence-electron chi connectivity index (χ2n) is 7.70. The standard InChI is InChI=1S/C19H27ClN2O2/c1-19(2,3)14-7-9-16(10-8-14)22-18(24)17(23)21-12-13-5-4-6-15(20)11-13/h4-6,11,14,16H,7-10,12H2,1-3H3,(H,21,23)(H,22,24). The molecule has 1 aliphatic carbocycles. The van der Waals surface area contributed by atoms with Crippen LogP contribution in [0.15, 0.2) is 24.3 Å². The first-order valence-corrected chi connectivity index (χ1v) is 8.96. The van der Waals surface area contributed by atoms with E-state index in [2.05, 4.69) is 31.4 Å². The predicted octanol–water partition coefficient (Wildman–Crippen LogP) is 3.68. The third kappa shape index (κ3) is 5.52. The van der Waals surface area contributed by atoms with Gasteiger partial charge in [0.2, 0.25) is 0 Å². The van der Waals surface area contributed by atoms with Crippen molar-refractivity contribution in [1.29, 1.82) is 0 Å². The molecule has 0 aliphatic heterocycles. The maximum absolute atomic E-state index is 12.0. The number of hydrogen-bond donors (Lipinski definition) is 2. The Morgan fingerprint density at radius 2 is 1.79 bits per heavy atom. The van der Waals surface area contributed by atoms with Gasteiger partial charge in [0, 0.05) is 17.6 Å². The summed E-state index contributed by atoms with van der Waals surface area (Å²) in [5.41, 5.74) is 1.18. The Morgan fingerprint density at radius 1 is 1.12 bits per heavy atom. The highest BCUT2D eigenvalue weighted by molar-refractivity contribution is 6.35. The molecule has 0 heterocycles. The van der Waals surface area contributed by atoms with Gasteiger partial charge < -0.3 is 10.6 Å². The van der Waals surface area contributed by atoms with Gasteiger partial charge in [-0.15, -0.1) is 0 Å². The van der Waals surface area contributed by atoms with E-state index in [-0.39, 0.29) is 6.04 Å². The van der Waals surface area contributed by atoms with Crippen LogP contribution >= 0.6 is 11.6 Å². The van der Waals surface area contributed by atoms with Crippen molar-refractivity contribution in [3.63, 3.8) is 0 Å². The molecule has 5 heteroatoms. The van der Waals surface area contributed by atoms with E-state index < -0.39 is 11.8 Å². The largest absolute Gasteiger partial charge is 0.345 e. The maximum atomic E-state index is 12.0. The third-order valence-electron chi connectivity index (χ3n) is 4.84. The molecule has 24 heavy (non-hydrogen) atoms. The van der Waals surface area contributed by atoms with Gasteiger partial charge in [-0.1, -0.05) is 44.5 Å². The summed E-state index contributed by atoms with van der Waals surface area (Å²) in [7, 11) is 0. The number of nitrogens with one attached hydrogen (secondary N) is 2. The lowest BCUT2D eigenvalue weighted by Gasteiger charge is -2.37. The lowest BCUT2D eigenvalue weighted by atomic mass is 9.71. The fourth-order valence-electron chi connectivity index (χ4n) is 3.26. The molecular formula is C19H27ClN2O2. The van der Waals surface area contributed by atoms with Gasteiger partial charge in [-0.3, -0.25) is 9.59 Å². The first kappa shape index (κ1) is 18.8. The van der Waals surface area contributed by atoms with Crippen LogP contribution in [0.2, 0.25) is 5.02 Å². The highest BCUT2D eigenvalue weighted by atomic mass is 35.5. The van der Waals surface area contributed by atoms with Crippen LogP contribution in [0.5, 0.6) is 0 Å². The lowest BCUT2D eigenvalue weighted by molar-refractivity contribution is -0.139. The highest BCUT2D eigenvalue weighted by Gasteiger charge is 2.30. The number of halogens is 1. The average molecular weight is 351 g/mol. The minimum atomic E-state index is -0.590. The van der Waals surface area contributed by atoms with Gasteiger partial charge in [0.05, 0.1) is 0 Å². The van der Waals surface area contributed by atoms with Crippen LogP contribution in [0.4, 0.5) is 0 Å². The fraction of sp³-hybridized carbons (Fsp3) is 0.579. The number of amides is 2. The Kier molecular flexibility index (Phi) is 6.27. The van der Waals surface area contributed by atoms with E-state index in [0.29, 0.717) is 22.9 Å². The van der Waals surface area contributed by atoms with Gasteiger partial charge >= 0.3 is 11.8 Å². The Morgan fingerprint density at radius 3 is 2.38 bits per heavy atom. The second-order valence-corrected chi connectivity index (χ2v) is 8.14. The molecule has 1 aromatic carbocycles. The van der Waals surface area contributed by atoms with Crippen LogP contribution in [-0.4, -0.2) is 17.9 Å². The summed E-state index contributed by atoms with van der Waals surface area (Å²) in [6.07, 6.45) is 4.07. The van der Waals surface area contributed by atoms with Gasteiger partial charge in [0.25, 0.3) is 0 Å². The van der Waals surface area contributed by atoms with Gasteiger partial charge in [-0.25, -0.2) is 0 Å². The van der Waals surface area contributed by atoms with Crippen molar-refractivity contribution in [2.45, 2.75) is 59.0 Å². The molecule has 1 fully saturated rings. The molecule has 0 saturated heterocycles. The zero-order valence-electron chi connectivity index (χ0n) is 14.7. The van der Waals surface area contributed by atoms with Crippen LogP contribution in [-0.2, 0) is 16.1 Å². The summed E-state index contributed by atoms with van der Waals surface area (Å²) in [5, 5.41) is 6.11. The zero-order valence-corrected chi connectivity index (χ0v) is 15.5. The average Bonchev–Trinajstić information content (AvgIpc) is 2.52. The summed E-state index contributed by atoms with van der Waals surface area (Å²) in [6.45, 7) is 7.09. The Hall–Kier alpha value is -1.55. The fourth-order valence-corrected chi connectivity index (χ4v) is 3.48. The molecule has 132 valence electrons. The molecule has 0 atom stereocenters. The van der Waals surface area contributed by atoms with Gasteiger partial charge in [-0.05, 0) is 54.7 Å². The predicted molar refractivity (Wildman–Crippen MR) is 96.6 cm³/mol. The van der Waals surface area contributed by atoms with Crippen molar-refractivity contribution < 1.29 is 9.59 Å². The molecule has 1 aromatic rings. The zero-order chi connectivity index (χ0) is 17.7. The topological polar surface area (TPSA) is 58.2 Å². The van der Waals surface area contributed by atoms with Crippen LogP contribution in [0.1, 0.15) is 52.0 Å². The SMILES string of the molecule is CC(C)(C)C1CCC(NC(=O)C(=O)NCc2cccc(Cl)c2)CC1. The van der Waals surface area contributed by atoms with E-state index in [1.54, 1.807) is 12.1 Å². The van der Waals surface area contributed by atoms with Gasteiger partial charge in [-0.2, -0.15) is 0 Å². The summed E-state index contributed by atoms with van der Waals surface area (Å²) in [4.78, 5) is 24.0. The van der Waals surface area contributed by atoms with E-state index in [9.17, 15) is 9.59 Å². The van der Waals surface area contributed by atoms with E-state index in [0.717, 1.165) is 31.2 Å². The molecule has 1 aliphatic rings. The monoisotopic (exact) mass is 350 g/mol. The quantitative estimate of drug-likeness (QED) is 0.817. The minimum Gasteiger partial charge on any atom is -0.345 e. The molecule has 2 N–H and O–H groups in total. The first-order chi connectivity index (χ1) is 11.3. The summed E-state index contributed by atoms with van der Waals surface area (Å²) >= 11 is 5.90. The number of rotatable bonds is 3. The van der Waals surface area contributed by atoms with Crippen LogP contribution in [0.25, 0.3) is 0 Å². The van der Waals surface area contributed by atoms with Crippen molar-refractivity contribution in [2.24, 2.45) is 11.3 Å². The number of carbonyl (C=O) groups is 2. The third-order valence-corrected chi connectivity index (χ3v) is 5.07. The first-order valence-electron chi connectivity index (χ1n) is 8.59. The lowest BCUT2D eigenvalue weighted by Crippen LogP contribution is -2.46. The van der Waals surface area contributed by atoms with Crippen molar-refractivity contribution in [3.8, 4) is 0 Å².